The lowest BCUT2D eigenvalue weighted by molar-refractivity contribution is -0.148. The van der Waals surface area contributed by atoms with E-state index < -0.39 is 5.97 Å². The number of rotatable bonds is 5. The van der Waals surface area contributed by atoms with E-state index in [1.165, 1.54) is 6.42 Å². The van der Waals surface area contributed by atoms with Crippen molar-refractivity contribution < 1.29 is 23.8 Å². The molecule has 0 radical (unpaired) electrons. The maximum atomic E-state index is 12.0. The van der Waals surface area contributed by atoms with Crippen LogP contribution in [0.1, 0.15) is 38.2 Å². The average molecular weight is 347 g/mol. The number of ether oxygens (including phenoxy) is 3. The van der Waals surface area contributed by atoms with E-state index in [-0.39, 0.29) is 25.0 Å². The number of fused-ring (bicyclic) bond motifs is 1. The third-order valence-electron chi connectivity index (χ3n) is 4.78. The van der Waals surface area contributed by atoms with Gasteiger partial charge in [-0.2, -0.15) is 0 Å². The minimum absolute atomic E-state index is 0.101. The zero-order valence-corrected chi connectivity index (χ0v) is 14.6. The number of hydrogen-bond acceptors (Lipinski definition) is 5. The molecule has 1 aromatic carbocycles. The molecule has 0 bridgehead atoms. The van der Waals surface area contributed by atoms with Gasteiger partial charge < -0.3 is 19.5 Å². The maximum Gasteiger partial charge on any atom is 0.310 e. The smallest absolute Gasteiger partial charge is 0.310 e. The summed E-state index contributed by atoms with van der Waals surface area (Å²) in [6.07, 6.45) is 4.59. The van der Waals surface area contributed by atoms with Gasteiger partial charge in [-0.1, -0.05) is 25.8 Å². The van der Waals surface area contributed by atoms with Gasteiger partial charge in [0, 0.05) is 6.04 Å². The van der Waals surface area contributed by atoms with Crippen molar-refractivity contribution in [3.8, 4) is 11.5 Å². The molecule has 136 valence electrons. The van der Waals surface area contributed by atoms with Crippen LogP contribution in [0.4, 0.5) is 0 Å². The first kappa shape index (κ1) is 17.6. The molecular formula is C19H25NO5. The Morgan fingerprint density at radius 3 is 2.72 bits per heavy atom. The molecule has 25 heavy (non-hydrogen) atoms. The van der Waals surface area contributed by atoms with Gasteiger partial charge in [-0.3, -0.25) is 9.59 Å². The highest BCUT2D eigenvalue weighted by Crippen LogP contribution is 2.30. The van der Waals surface area contributed by atoms with E-state index in [2.05, 4.69) is 12.2 Å². The SMILES string of the molecule is C[C@H]1CCCC[C@@H]1NC(=O)COC(=O)Cc1ccc2c(c1)OCCO2. The molecule has 2 aliphatic rings. The topological polar surface area (TPSA) is 73.9 Å². The Labute approximate surface area is 147 Å². The molecule has 6 heteroatoms. The second-order valence-corrected chi connectivity index (χ2v) is 6.75. The van der Waals surface area contributed by atoms with Crippen LogP contribution in [0, 0.1) is 5.92 Å². The summed E-state index contributed by atoms with van der Waals surface area (Å²) in [5, 5.41) is 2.98. The number of carbonyl (C=O) groups is 2. The zero-order chi connectivity index (χ0) is 17.6. The van der Waals surface area contributed by atoms with Crippen LogP contribution >= 0.6 is 0 Å². The Bertz CT molecular complexity index is 630. The minimum Gasteiger partial charge on any atom is -0.486 e. The molecule has 0 saturated heterocycles. The van der Waals surface area contributed by atoms with Crippen molar-refractivity contribution in [2.24, 2.45) is 5.92 Å². The third-order valence-corrected chi connectivity index (χ3v) is 4.78. The summed E-state index contributed by atoms with van der Waals surface area (Å²) in [4.78, 5) is 23.9. The van der Waals surface area contributed by atoms with Gasteiger partial charge in [-0.15, -0.1) is 0 Å². The molecule has 0 aromatic heterocycles. The van der Waals surface area contributed by atoms with Crippen molar-refractivity contribution in [3.05, 3.63) is 23.8 Å². The van der Waals surface area contributed by atoms with Crippen molar-refractivity contribution in [3.63, 3.8) is 0 Å². The molecule has 1 N–H and O–H groups in total. The van der Waals surface area contributed by atoms with Gasteiger partial charge >= 0.3 is 5.97 Å². The zero-order valence-electron chi connectivity index (χ0n) is 14.6. The van der Waals surface area contributed by atoms with E-state index in [4.69, 9.17) is 14.2 Å². The molecule has 0 unspecified atom stereocenters. The first-order chi connectivity index (χ1) is 12.1. The Balaban J connectivity index is 1.44. The Kier molecular flexibility index (Phi) is 5.79. The van der Waals surface area contributed by atoms with Crippen molar-refractivity contribution in [1.82, 2.24) is 5.32 Å². The largest absolute Gasteiger partial charge is 0.486 e. The lowest BCUT2D eigenvalue weighted by Crippen LogP contribution is -2.42. The molecule has 6 nitrogen and oxygen atoms in total. The van der Waals surface area contributed by atoms with Crippen molar-refractivity contribution in [2.75, 3.05) is 19.8 Å². The predicted octanol–water partition coefficient (Wildman–Crippen LogP) is 2.24. The highest BCUT2D eigenvalue weighted by molar-refractivity contribution is 5.81. The number of amides is 1. The predicted molar refractivity (Wildman–Crippen MR) is 91.7 cm³/mol. The fourth-order valence-corrected chi connectivity index (χ4v) is 3.34. The molecule has 1 heterocycles. The Morgan fingerprint density at radius 2 is 1.92 bits per heavy atom. The van der Waals surface area contributed by atoms with E-state index >= 15 is 0 Å². The van der Waals surface area contributed by atoms with Gasteiger partial charge in [0.2, 0.25) is 0 Å². The number of carbonyl (C=O) groups excluding carboxylic acids is 2. The highest BCUT2D eigenvalue weighted by atomic mass is 16.6. The molecule has 1 aliphatic heterocycles. The minimum atomic E-state index is -0.427. The van der Waals surface area contributed by atoms with Gasteiger partial charge in [-0.25, -0.2) is 0 Å². The van der Waals surface area contributed by atoms with Gasteiger partial charge in [-0.05, 0) is 36.5 Å². The maximum absolute atomic E-state index is 12.0. The van der Waals surface area contributed by atoms with Crippen molar-refractivity contribution >= 4 is 11.9 Å². The van der Waals surface area contributed by atoms with Gasteiger partial charge in [0.05, 0.1) is 6.42 Å². The van der Waals surface area contributed by atoms with E-state index in [1.807, 2.05) is 0 Å². The van der Waals surface area contributed by atoms with Gasteiger partial charge in [0.25, 0.3) is 5.91 Å². The summed E-state index contributed by atoms with van der Waals surface area (Å²) in [7, 11) is 0. The summed E-state index contributed by atoms with van der Waals surface area (Å²) in [6.45, 7) is 2.95. The average Bonchev–Trinajstić information content (AvgIpc) is 2.62. The number of hydrogen-bond donors (Lipinski definition) is 1. The van der Waals surface area contributed by atoms with Crippen LogP contribution in [0.15, 0.2) is 18.2 Å². The van der Waals surface area contributed by atoms with E-state index in [1.54, 1.807) is 18.2 Å². The van der Waals surface area contributed by atoms with E-state index in [0.29, 0.717) is 30.6 Å². The molecule has 1 amide bonds. The molecule has 1 aliphatic carbocycles. The standard InChI is InChI=1S/C19H25NO5/c1-13-4-2-3-5-15(13)20-18(21)12-25-19(22)11-14-6-7-16-17(10-14)24-9-8-23-16/h6-7,10,13,15H,2-5,8-9,11-12H2,1H3,(H,20,21)/t13-,15-/m0/s1. The quantitative estimate of drug-likeness (QED) is 0.827. The summed E-state index contributed by atoms with van der Waals surface area (Å²) < 4.78 is 16.1. The summed E-state index contributed by atoms with van der Waals surface area (Å²) in [5.74, 6) is 1.15. The van der Waals surface area contributed by atoms with Crippen LogP contribution in [0.5, 0.6) is 11.5 Å². The van der Waals surface area contributed by atoms with Crippen LogP contribution in [0.3, 0.4) is 0 Å². The molecule has 2 atom stereocenters. The Morgan fingerprint density at radius 1 is 1.16 bits per heavy atom. The summed E-state index contributed by atoms with van der Waals surface area (Å²) >= 11 is 0. The highest BCUT2D eigenvalue weighted by Gasteiger charge is 2.23. The number of esters is 1. The van der Waals surface area contributed by atoms with Crippen molar-refractivity contribution in [2.45, 2.75) is 45.1 Å². The second-order valence-electron chi connectivity index (χ2n) is 6.75. The second kappa shape index (κ2) is 8.23. The van der Waals surface area contributed by atoms with Crippen LogP contribution in [0.2, 0.25) is 0 Å². The Hall–Kier alpha value is -2.24. The molecule has 1 aromatic rings. The van der Waals surface area contributed by atoms with Crippen LogP contribution < -0.4 is 14.8 Å². The van der Waals surface area contributed by atoms with Crippen LogP contribution in [-0.2, 0) is 20.7 Å². The molecule has 1 saturated carbocycles. The molecule has 3 rings (SSSR count). The first-order valence-electron chi connectivity index (χ1n) is 8.95. The lowest BCUT2D eigenvalue weighted by atomic mass is 9.86. The van der Waals surface area contributed by atoms with Gasteiger partial charge in [0.15, 0.2) is 18.1 Å². The van der Waals surface area contributed by atoms with Crippen LogP contribution in [-0.4, -0.2) is 37.7 Å². The molecule has 0 spiro atoms. The molecular weight excluding hydrogens is 322 g/mol. The third kappa shape index (κ3) is 4.87. The number of nitrogens with one attached hydrogen (secondary N) is 1. The fraction of sp³-hybridized carbons (Fsp3) is 0.579. The van der Waals surface area contributed by atoms with Gasteiger partial charge in [0.1, 0.15) is 13.2 Å². The summed E-state index contributed by atoms with van der Waals surface area (Å²) in [6, 6.07) is 5.56. The monoisotopic (exact) mass is 347 g/mol. The van der Waals surface area contributed by atoms with E-state index in [0.717, 1.165) is 24.8 Å². The van der Waals surface area contributed by atoms with Crippen LogP contribution in [0.25, 0.3) is 0 Å². The lowest BCUT2D eigenvalue weighted by Gasteiger charge is -2.29. The number of benzene rings is 1. The fourth-order valence-electron chi connectivity index (χ4n) is 3.34. The van der Waals surface area contributed by atoms with Crippen molar-refractivity contribution in [1.29, 1.82) is 0 Å². The summed E-state index contributed by atoms with van der Waals surface area (Å²) in [5.41, 5.74) is 0.774. The van der Waals surface area contributed by atoms with E-state index in [9.17, 15) is 9.59 Å². The normalized spacial score (nSPS) is 22.1. The molecule has 1 fully saturated rings. The first-order valence-corrected chi connectivity index (χ1v) is 8.95.